The molecule has 1 amide bonds. The smallest absolute Gasteiger partial charge is 0.344 e. The summed E-state index contributed by atoms with van der Waals surface area (Å²) in [5.74, 6) is -0.592. The number of esters is 1. The number of aromatic amines is 1. The summed E-state index contributed by atoms with van der Waals surface area (Å²) < 4.78 is 11.7. The van der Waals surface area contributed by atoms with E-state index >= 15 is 0 Å². The number of hydrogen-bond acceptors (Lipinski definition) is 7. The Hall–Kier alpha value is -2.59. The number of nitrogens with one attached hydrogen (secondary N) is 2. The van der Waals surface area contributed by atoms with Gasteiger partial charge in [0.2, 0.25) is 5.91 Å². The predicted octanol–water partition coefficient (Wildman–Crippen LogP) is 1.27. The third-order valence-electron chi connectivity index (χ3n) is 4.06. The van der Waals surface area contributed by atoms with Crippen LogP contribution in [-0.4, -0.2) is 52.2 Å². The summed E-state index contributed by atoms with van der Waals surface area (Å²) in [6.45, 7) is 1.13. The molecule has 9 nitrogen and oxygen atoms in total. The number of aromatic nitrogens is 3. The summed E-state index contributed by atoms with van der Waals surface area (Å²) in [5.41, 5.74) is 0.651. The van der Waals surface area contributed by atoms with E-state index in [1.165, 1.54) is 23.4 Å². The van der Waals surface area contributed by atoms with Gasteiger partial charge in [-0.15, -0.1) is 5.10 Å². The summed E-state index contributed by atoms with van der Waals surface area (Å²) in [6, 6.07) is 6.39. The Morgan fingerprint density at radius 3 is 2.85 bits per heavy atom. The second-order valence-corrected chi connectivity index (χ2v) is 6.91. The zero-order chi connectivity index (χ0) is 19.2. The Balaban J connectivity index is 1.55. The maximum Gasteiger partial charge on any atom is 0.344 e. The lowest BCUT2D eigenvalue weighted by atomic mass is 10.2. The maximum absolute atomic E-state index is 12.1. The first-order valence-corrected chi connectivity index (χ1v) is 9.43. The molecule has 1 saturated heterocycles. The van der Waals surface area contributed by atoms with E-state index in [0.29, 0.717) is 29.6 Å². The van der Waals surface area contributed by atoms with E-state index < -0.39 is 5.97 Å². The maximum atomic E-state index is 12.1. The van der Waals surface area contributed by atoms with Gasteiger partial charge in [0.15, 0.2) is 5.16 Å². The lowest BCUT2D eigenvalue weighted by Crippen LogP contribution is -2.25. The van der Waals surface area contributed by atoms with Crippen LogP contribution in [0.25, 0.3) is 0 Å². The summed E-state index contributed by atoms with van der Waals surface area (Å²) in [5, 5.41) is 9.58. The van der Waals surface area contributed by atoms with E-state index in [1.54, 1.807) is 24.3 Å². The van der Waals surface area contributed by atoms with E-state index in [2.05, 4.69) is 20.3 Å². The van der Waals surface area contributed by atoms with Crippen molar-refractivity contribution in [2.45, 2.75) is 30.6 Å². The Labute approximate surface area is 159 Å². The van der Waals surface area contributed by atoms with Gasteiger partial charge in [-0.05, 0) is 37.1 Å². The fourth-order valence-corrected chi connectivity index (χ4v) is 3.46. The molecule has 0 radical (unpaired) electrons. The minimum absolute atomic E-state index is 0.00167. The van der Waals surface area contributed by atoms with E-state index in [-0.39, 0.29) is 23.5 Å². The number of ether oxygens (including phenoxy) is 2. The zero-order valence-corrected chi connectivity index (χ0v) is 15.6. The molecule has 10 heteroatoms. The molecule has 27 heavy (non-hydrogen) atoms. The number of hydrogen-bond donors (Lipinski definition) is 2. The Morgan fingerprint density at radius 2 is 2.19 bits per heavy atom. The van der Waals surface area contributed by atoms with Crippen molar-refractivity contribution in [2.75, 3.05) is 24.8 Å². The minimum Gasteiger partial charge on any atom is -0.465 e. The molecule has 2 N–H and O–H groups in total. The highest BCUT2D eigenvalue weighted by Crippen LogP contribution is 2.18. The third-order valence-corrected chi connectivity index (χ3v) is 5.03. The van der Waals surface area contributed by atoms with Crippen LogP contribution >= 0.6 is 11.8 Å². The van der Waals surface area contributed by atoms with Crippen LogP contribution in [0.2, 0.25) is 0 Å². The zero-order valence-electron chi connectivity index (χ0n) is 14.8. The number of H-pyrrole nitrogens is 1. The molecule has 0 aliphatic carbocycles. The van der Waals surface area contributed by atoms with Gasteiger partial charge in [-0.25, -0.2) is 14.7 Å². The standard InChI is InChI=1S/C17H20N4O5S/c1-25-15(23)11-4-6-12(7-5-11)18-14(22)10-27-17-20-19-16(24)21(17)9-13-3-2-8-26-13/h4-7,13H,2-3,8-10H2,1H3,(H,18,22)(H,19,24)/t13-/m1/s1. The molecule has 0 unspecified atom stereocenters. The average Bonchev–Trinajstić information content (AvgIpc) is 3.31. The van der Waals surface area contributed by atoms with E-state index in [0.717, 1.165) is 12.8 Å². The Bertz CT molecular complexity index is 855. The number of thioether (sulfide) groups is 1. The quantitative estimate of drug-likeness (QED) is 0.538. The van der Waals surface area contributed by atoms with E-state index in [4.69, 9.17) is 4.74 Å². The minimum atomic E-state index is -0.439. The Morgan fingerprint density at radius 1 is 1.41 bits per heavy atom. The average molecular weight is 392 g/mol. The summed E-state index contributed by atoms with van der Waals surface area (Å²) >= 11 is 1.17. The van der Waals surface area contributed by atoms with Gasteiger partial charge < -0.3 is 14.8 Å². The molecular weight excluding hydrogens is 372 g/mol. The van der Waals surface area contributed by atoms with Gasteiger partial charge in [0, 0.05) is 12.3 Å². The highest BCUT2D eigenvalue weighted by Gasteiger charge is 2.20. The van der Waals surface area contributed by atoms with Crippen LogP contribution in [-0.2, 0) is 20.8 Å². The first kappa shape index (κ1) is 19.2. The lowest BCUT2D eigenvalue weighted by molar-refractivity contribution is -0.113. The molecule has 2 aromatic rings. The molecule has 3 rings (SSSR count). The van der Waals surface area contributed by atoms with Crippen molar-refractivity contribution < 1.29 is 19.1 Å². The van der Waals surface area contributed by atoms with Crippen molar-refractivity contribution in [3.63, 3.8) is 0 Å². The first-order valence-electron chi connectivity index (χ1n) is 8.44. The van der Waals surface area contributed by atoms with Crippen molar-refractivity contribution in [2.24, 2.45) is 0 Å². The van der Waals surface area contributed by atoms with Crippen molar-refractivity contribution in [1.82, 2.24) is 14.8 Å². The fourth-order valence-electron chi connectivity index (χ4n) is 2.70. The summed E-state index contributed by atoms with van der Waals surface area (Å²) in [4.78, 5) is 35.5. The molecular formula is C17H20N4O5S. The van der Waals surface area contributed by atoms with Gasteiger partial charge in [0.05, 0.1) is 31.1 Å². The predicted molar refractivity (Wildman–Crippen MR) is 99.0 cm³/mol. The number of anilines is 1. The first-order chi connectivity index (χ1) is 13.1. The molecule has 144 valence electrons. The monoisotopic (exact) mass is 392 g/mol. The highest BCUT2D eigenvalue weighted by atomic mass is 32.2. The van der Waals surface area contributed by atoms with Crippen LogP contribution < -0.4 is 11.0 Å². The number of carbonyl (C=O) groups excluding carboxylic acids is 2. The second-order valence-electron chi connectivity index (χ2n) is 5.96. The van der Waals surface area contributed by atoms with Gasteiger partial charge in [-0.3, -0.25) is 9.36 Å². The molecule has 1 aromatic heterocycles. The fraction of sp³-hybridized carbons (Fsp3) is 0.412. The van der Waals surface area contributed by atoms with Crippen LogP contribution in [0.15, 0.2) is 34.2 Å². The molecule has 1 aliphatic rings. The van der Waals surface area contributed by atoms with Gasteiger partial charge in [-0.1, -0.05) is 11.8 Å². The lowest BCUT2D eigenvalue weighted by Gasteiger charge is -2.11. The van der Waals surface area contributed by atoms with Gasteiger partial charge >= 0.3 is 11.7 Å². The van der Waals surface area contributed by atoms with E-state index in [9.17, 15) is 14.4 Å². The molecule has 1 aliphatic heterocycles. The molecule has 0 spiro atoms. The van der Waals surface area contributed by atoms with Crippen LogP contribution in [0, 0.1) is 0 Å². The van der Waals surface area contributed by atoms with Crippen LogP contribution in [0.4, 0.5) is 5.69 Å². The number of nitrogens with zero attached hydrogens (tertiary/aromatic N) is 2. The highest BCUT2D eigenvalue weighted by molar-refractivity contribution is 7.99. The molecule has 0 bridgehead atoms. The number of carbonyl (C=O) groups is 2. The van der Waals surface area contributed by atoms with Crippen LogP contribution in [0.3, 0.4) is 0 Å². The second kappa shape index (κ2) is 8.87. The van der Waals surface area contributed by atoms with Crippen molar-refractivity contribution in [3.05, 3.63) is 40.3 Å². The summed E-state index contributed by atoms with van der Waals surface area (Å²) in [7, 11) is 1.31. The van der Waals surface area contributed by atoms with Crippen LogP contribution in [0.1, 0.15) is 23.2 Å². The van der Waals surface area contributed by atoms with Gasteiger partial charge in [-0.2, -0.15) is 0 Å². The van der Waals surface area contributed by atoms with Gasteiger partial charge in [0.25, 0.3) is 0 Å². The molecule has 0 saturated carbocycles. The van der Waals surface area contributed by atoms with E-state index in [1.807, 2.05) is 0 Å². The third kappa shape index (κ3) is 4.98. The number of benzene rings is 1. The topological polar surface area (TPSA) is 115 Å². The molecule has 1 fully saturated rings. The van der Waals surface area contributed by atoms with Crippen molar-refractivity contribution in [1.29, 1.82) is 0 Å². The number of methoxy groups -OCH3 is 1. The molecule has 1 aromatic carbocycles. The number of amides is 1. The molecule has 1 atom stereocenters. The van der Waals surface area contributed by atoms with Crippen molar-refractivity contribution in [3.8, 4) is 0 Å². The number of rotatable bonds is 7. The largest absolute Gasteiger partial charge is 0.465 e. The SMILES string of the molecule is COC(=O)c1ccc(NC(=O)CSc2n[nH]c(=O)n2C[C@H]2CCCO2)cc1. The summed E-state index contributed by atoms with van der Waals surface area (Å²) in [6.07, 6.45) is 1.89. The van der Waals surface area contributed by atoms with Gasteiger partial charge in [0.1, 0.15) is 0 Å². The Kier molecular flexibility index (Phi) is 6.30. The van der Waals surface area contributed by atoms with Crippen LogP contribution in [0.5, 0.6) is 0 Å². The van der Waals surface area contributed by atoms with Crippen molar-refractivity contribution >= 4 is 29.3 Å². The molecule has 2 heterocycles. The normalized spacial score (nSPS) is 16.3.